The van der Waals surface area contributed by atoms with Gasteiger partial charge in [-0.1, -0.05) is 18.2 Å². The molecule has 23 heavy (non-hydrogen) atoms. The summed E-state index contributed by atoms with van der Waals surface area (Å²) in [6.45, 7) is 3.34. The smallest absolute Gasteiger partial charge is 0.350 e. The minimum atomic E-state index is -4.43. The molecule has 7 heteroatoms. The third-order valence-corrected chi connectivity index (χ3v) is 3.63. The molecule has 1 aromatic carbocycles. The summed E-state index contributed by atoms with van der Waals surface area (Å²) in [5.74, 6) is -2.28. The lowest BCUT2D eigenvalue weighted by Crippen LogP contribution is -2.50. The lowest BCUT2D eigenvalue weighted by molar-refractivity contribution is -0.284. The number of hydrogen-bond donors (Lipinski definition) is 0. The highest BCUT2D eigenvalue weighted by atomic mass is 19.4. The van der Waals surface area contributed by atoms with E-state index in [-0.39, 0.29) is 19.3 Å². The Morgan fingerprint density at radius 1 is 1.39 bits per heavy atom. The molecule has 2 atom stereocenters. The van der Waals surface area contributed by atoms with Crippen molar-refractivity contribution in [3.05, 3.63) is 35.4 Å². The van der Waals surface area contributed by atoms with Gasteiger partial charge in [0.25, 0.3) is 0 Å². The molecule has 0 spiro atoms. The summed E-state index contributed by atoms with van der Waals surface area (Å²) in [6, 6.07) is 4.86. The van der Waals surface area contributed by atoms with E-state index in [9.17, 15) is 22.8 Å². The maximum absolute atomic E-state index is 12.8. The van der Waals surface area contributed by atoms with Crippen LogP contribution in [0.15, 0.2) is 24.3 Å². The quantitative estimate of drug-likeness (QED) is 0.629. The maximum atomic E-state index is 12.8. The van der Waals surface area contributed by atoms with Gasteiger partial charge in [0.1, 0.15) is 6.10 Å². The Bertz CT molecular complexity index is 595. The first-order valence-electron chi connectivity index (χ1n) is 7.09. The molecule has 126 valence electrons. The van der Waals surface area contributed by atoms with Gasteiger partial charge in [0, 0.05) is 5.92 Å². The van der Waals surface area contributed by atoms with Crippen molar-refractivity contribution in [2.75, 3.05) is 6.61 Å². The van der Waals surface area contributed by atoms with Gasteiger partial charge in [-0.3, -0.25) is 9.59 Å². The molecule has 1 heterocycles. The first-order valence-corrected chi connectivity index (χ1v) is 7.09. The van der Waals surface area contributed by atoms with Crippen LogP contribution < -0.4 is 0 Å². The summed E-state index contributed by atoms with van der Waals surface area (Å²) in [4.78, 5) is 22.5. The van der Waals surface area contributed by atoms with E-state index in [1.165, 1.54) is 12.1 Å². The summed E-state index contributed by atoms with van der Waals surface area (Å²) in [6.07, 6.45) is -5.14. The molecule has 1 aliphatic rings. The molecule has 0 aromatic heterocycles. The molecule has 0 aliphatic carbocycles. The van der Waals surface area contributed by atoms with Crippen LogP contribution >= 0.6 is 0 Å². The van der Waals surface area contributed by atoms with Crippen molar-refractivity contribution >= 4 is 12.1 Å². The van der Waals surface area contributed by atoms with Gasteiger partial charge in [-0.05, 0) is 31.9 Å². The molecule has 0 radical (unpaired) electrons. The van der Waals surface area contributed by atoms with Crippen LogP contribution in [-0.2, 0) is 31.7 Å². The van der Waals surface area contributed by atoms with Crippen molar-refractivity contribution in [3.63, 3.8) is 0 Å². The lowest BCUT2D eigenvalue weighted by atomic mass is 9.90. The fourth-order valence-electron chi connectivity index (χ4n) is 2.53. The number of alkyl halides is 3. The van der Waals surface area contributed by atoms with E-state index < -0.39 is 35.3 Å². The number of ketones is 1. The van der Waals surface area contributed by atoms with Crippen LogP contribution in [0.4, 0.5) is 13.2 Å². The van der Waals surface area contributed by atoms with E-state index >= 15 is 0 Å². The SMILES string of the molecule is CC1(C)OCC(Cc2cccc(C(F)(F)F)c2)C(C(=O)C=O)O1. The third kappa shape index (κ3) is 4.39. The molecule has 0 bridgehead atoms. The fourth-order valence-corrected chi connectivity index (χ4v) is 2.53. The van der Waals surface area contributed by atoms with Crippen LogP contribution in [0.5, 0.6) is 0 Å². The largest absolute Gasteiger partial charge is 0.416 e. The van der Waals surface area contributed by atoms with Crippen LogP contribution in [0.1, 0.15) is 25.0 Å². The Kier molecular flexibility index (Phi) is 4.91. The molecule has 2 unspecified atom stereocenters. The minimum absolute atomic E-state index is 0.119. The molecule has 4 nitrogen and oxygen atoms in total. The van der Waals surface area contributed by atoms with E-state index in [4.69, 9.17) is 9.47 Å². The van der Waals surface area contributed by atoms with Crippen molar-refractivity contribution in [2.45, 2.75) is 38.3 Å². The summed E-state index contributed by atoms with van der Waals surface area (Å²) in [7, 11) is 0. The van der Waals surface area contributed by atoms with Gasteiger partial charge >= 0.3 is 6.18 Å². The van der Waals surface area contributed by atoms with E-state index in [1.807, 2.05) is 0 Å². The first-order chi connectivity index (χ1) is 10.6. The lowest BCUT2D eigenvalue weighted by Gasteiger charge is -2.39. The molecule has 2 rings (SSSR count). The fraction of sp³-hybridized carbons (Fsp3) is 0.500. The number of benzene rings is 1. The van der Waals surface area contributed by atoms with Crippen LogP contribution in [0.2, 0.25) is 0 Å². The zero-order valence-corrected chi connectivity index (χ0v) is 12.7. The van der Waals surface area contributed by atoms with E-state index in [0.29, 0.717) is 5.56 Å². The predicted octanol–water partition coefficient (Wildman–Crippen LogP) is 2.78. The topological polar surface area (TPSA) is 52.6 Å². The van der Waals surface area contributed by atoms with E-state index in [0.717, 1.165) is 12.1 Å². The van der Waals surface area contributed by atoms with Crippen molar-refractivity contribution in [2.24, 2.45) is 5.92 Å². The monoisotopic (exact) mass is 330 g/mol. The van der Waals surface area contributed by atoms with Gasteiger partial charge in [0.05, 0.1) is 12.2 Å². The Balaban J connectivity index is 2.20. The van der Waals surface area contributed by atoms with E-state index in [2.05, 4.69) is 0 Å². The van der Waals surface area contributed by atoms with Crippen LogP contribution in [0.25, 0.3) is 0 Å². The molecular weight excluding hydrogens is 313 g/mol. The Morgan fingerprint density at radius 2 is 2.09 bits per heavy atom. The third-order valence-electron chi connectivity index (χ3n) is 3.63. The second kappa shape index (κ2) is 6.41. The number of rotatable bonds is 4. The molecule has 1 aliphatic heterocycles. The average Bonchev–Trinajstić information content (AvgIpc) is 2.47. The van der Waals surface area contributed by atoms with E-state index in [1.54, 1.807) is 13.8 Å². The molecular formula is C16H17F3O4. The highest BCUT2D eigenvalue weighted by Crippen LogP contribution is 2.32. The standard InChI is InChI=1S/C16H17F3O4/c1-15(2)22-9-11(14(23-15)13(21)8-20)6-10-4-3-5-12(7-10)16(17,18)19/h3-5,7-8,11,14H,6,9H2,1-2H3. The Labute approximate surface area is 131 Å². The average molecular weight is 330 g/mol. The second-order valence-electron chi connectivity index (χ2n) is 5.93. The van der Waals surface area contributed by atoms with Gasteiger partial charge in [-0.2, -0.15) is 13.2 Å². The second-order valence-corrected chi connectivity index (χ2v) is 5.93. The van der Waals surface area contributed by atoms with Crippen LogP contribution in [-0.4, -0.2) is 30.6 Å². The van der Waals surface area contributed by atoms with Crippen LogP contribution in [0, 0.1) is 5.92 Å². The number of Topliss-reactive ketones (excluding diaryl/α,β-unsaturated/α-hetero) is 1. The summed E-state index contributed by atoms with van der Waals surface area (Å²) < 4.78 is 49.2. The van der Waals surface area contributed by atoms with Gasteiger partial charge in [0.15, 0.2) is 12.1 Å². The van der Waals surface area contributed by atoms with Gasteiger partial charge in [0.2, 0.25) is 5.78 Å². The molecule has 0 saturated carbocycles. The van der Waals surface area contributed by atoms with Crippen molar-refractivity contribution in [1.82, 2.24) is 0 Å². The molecule has 1 saturated heterocycles. The van der Waals surface area contributed by atoms with Crippen molar-refractivity contribution in [3.8, 4) is 0 Å². The number of hydrogen-bond acceptors (Lipinski definition) is 4. The van der Waals surface area contributed by atoms with Gasteiger partial charge in [-0.25, -0.2) is 0 Å². The molecule has 1 aromatic rings. The highest BCUT2D eigenvalue weighted by Gasteiger charge is 2.40. The minimum Gasteiger partial charge on any atom is -0.350 e. The summed E-state index contributed by atoms with van der Waals surface area (Å²) in [5, 5.41) is 0. The summed E-state index contributed by atoms with van der Waals surface area (Å²) >= 11 is 0. The highest BCUT2D eigenvalue weighted by molar-refractivity contribution is 6.27. The van der Waals surface area contributed by atoms with Gasteiger partial charge < -0.3 is 9.47 Å². The predicted molar refractivity (Wildman–Crippen MR) is 74.6 cm³/mol. The zero-order chi connectivity index (χ0) is 17.3. The molecule has 0 amide bonds. The number of halogens is 3. The van der Waals surface area contributed by atoms with Gasteiger partial charge in [-0.15, -0.1) is 0 Å². The normalized spacial score (nSPS) is 24.2. The molecule has 0 N–H and O–H groups in total. The first kappa shape index (κ1) is 17.6. The number of carbonyl (C=O) groups excluding carboxylic acids is 2. The summed E-state index contributed by atoms with van der Waals surface area (Å²) in [5.41, 5.74) is -0.355. The molecule has 1 fully saturated rings. The van der Waals surface area contributed by atoms with Crippen molar-refractivity contribution in [1.29, 1.82) is 0 Å². The Hall–Kier alpha value is -1.73. The number of carbonyl (C=O) groups is 2. The van der Waals surface area contributed by atoms with Crippen molar-refractivity contribution < 1.29 is 32.2 Å². The maximum Gasteiger partial charge on any atom is 0.416 e. The zero-order valence-electron chi connectivity index (χ0n) is 12.7. The number of aldehydes is 1. The Morgan fingerprint density at radius 3 is 2.70 bits per heavy atom. The van der Waals surface area contributed by atoms with Crippen LogP contribution in [0.3, 0.4) is 0 Å². The number of ether oxygens (including phenoxy) is 2.